The van der Waals surface area contributed by atoms with Crippen LogP contribution >= 0.6 is 0 Å². The molecule has 4 rings (SSSR count). The predicted molar refractivity (Wildman–Crippen MR) is 100 cm³/mol. The summed E-state index contributed by atoms with van der Waals surface area (Å²) in [6.07, 6.45) is 2.74. The van der Waals surface area contributed by atoms with Gasteiger partial charge in [0.05, 0.1) is 17.8 Å². The lowest BCUT2D eigenvalue weighted by Gasteiger charge is -2.41. The van der Waals surface area contributed by atoms with Crippen LogP contribution in [-0.4, -0.2) is 61.8 Å². The van der Waals surface area contributed by atoms with E-state index in [0.717, 1.165) is 29.9 Å². The second kappa shape index (κ2) is 6.92. The lowest BCUT2D eigenvalue weighted by atomic mass is 10.0. The van der Waals surface area contributed by atoms with Gasteiger partial charge in [0, 0.05) is 44.6 Å². The van der Waals surface area contributed by atoms with E-state index in [-0.39, 0.29) is 24.7 Å². The number of carbonyl (C=O) groups is 1. The summed E-state index contributed by atoms with van der Waals surface area (Å²) < 4.78 is 5.62. The summed E-state index contributed by atoms with van der Waals surface area (Å²) in [6, 6.07) is 10.2. The average Bonchev–Trinajstić information content (AvgIpc) is 2.67. The minimum absolute atomic E-state index is 0.00312. The Bertz CT molecular complexity index is 793. The highest BCUT2D eigenvalue weighted by molar-refractivity contribution is 5.78. The van der Waals surface area contributed by atoms with Crippen LogP contribution in [0.25, 0.3) is 11.3 Å². The summed E-state index contributed by atoms with van der Waals surface area (Å²) in [5, 5.41) is 3.02. The number of nitrogens with one attached hydrogen (secondary N) is 1. The summed E-state index contributed by atoms with van der Waals surface area (Å²) >= 11 is 0. The molecule has 136 valence electrons. The average molecular weight is 353 g/mol. The molecular weight excluding hydrogens is 330 g/mol. The third-order valence-electron chi connectivity index (χ3n) is 4.93. The van der Waals surface area contributed by atoms with Crippen molar-refractivity contribution in [3.63, 3.8) is 0 Å². The number of morpholine rings is 1. The fourth-order valence-electron chi connectivity index (χ4n) is 3.47. The quantitative estimate of drug-likeness (QED) is 0.897. The number of ether oxygens (including phenoxy) is 1. The molecule has 0 bridgehead atoms. The third kappa shape index (κ3) is 3.35. The van der Waals surface area contributed by atoms with Crippen molar-refractivity contribution in [1.82, 2.24) is 15.3 Å². The molecule has 1 N–H and O–H groups in total. The van der Waals surface area contributed by atoms with Crippen molar-refractivity contribution in [2.75, 3.05) is 43.6 Å². The fraction of sp³-hybridized carbons (Fsp3) is 0.421. The highest BCUT2D eigenvalue weighted by Crippen LogP contribution is 2.24. The molecule has 2 atom stereocenters. The topological polar surface area (TPSA) is 70.6 Å². The number of fused-ring (bicyclic) bond motifs is 1. The highest BCUT2D eigenvalue weighted by Gasteiger charge is 2.35. The molecule has 2 aliphatic heterocycles. The van der Waals surface area contributed by atoms with E-state index in [1.165, 1.54) is 0 Å². The molecule has 2 saturated heterocycles. The van der Waals surface area contributed by atoms with Crippen LogP contribution in [0, 0.1) is 0 Å². The molecule has 0 spiro atoms. The zero-order chi connectivity index (χ0) is 18.1. The molecule has 0 saturated carbocycles. The number of benzene rings is 1. The van der Waals surface area contributed by atoms with Crippen molar-refractivity contribution in [3.8, 4) is 11.3 Å². The monoisotopic (exact) mass is 353 g/mol. The van der Waals surface area contributed by atoms with E-state index in [0.29, 0.717) is 12.5 Å². The molecular formula is C19H23N5O2. The zero-order valence-corrected chi connectivity index (χ0v) is 15.1. The smallest absolute Gasteiger partial charge is 0.246 e. The molecule has 7 heteroatoms. The van der Waals surface area contributed by atoms with Gasteiger partial charge in [0.1, 0.15) is 6.61 Å². The van der Waals surface area contributed by atoms with Crippen LogP contribution in [0.4, 0.5) is 11.6 Å². The van der Waals surface area contributed by atoms with E-state index < -0.39 is 0 Å². The Morgan fingerprint density at radius 2 is 2.04 bits per heavy atom. The van der Waals surface area contributed by atoms with Crippen molar-refractivity contribution < 1.29 is 9.53 Å². The van der Waals surface area contributed by atoms with Crippen molar-refractivity contribution >= 4 is 17.5 Å². The van der Waals surface area contributed by atoms with Crippen LogP contribution in [0.3, 0.4) is 0 Å². The van der Waals surface area contributed by atoms with Crippen molar-refractivity contribution in [3.05, 3.63) is 36.5 Å². The number of hydrogen-bond donors (Lipinski definition) is 1. The van der Waals surface area contributed by atoms with E-state index in [4.69, 9.17) is 9.72 Å². The van der Waals surface area contributed by atoms with Crippen LogP contribution in [0.15, 0.2) is 36.5 Å². The predicted octanol–water partition coefficient (Wildman–Crippen LogP) is 1.30. The first-order valence-corrected chi connectivity index (χ1v) is 8.87. The van der Waals surface area contributed by atoms with E-state index >= 15 is 0 Å². The molecule has 0 unspecified atom stereocenters. The summed E-state index contributed by atoms with van der Waals surface area (Å²) in [5.41, 5.74) is 3.10. The van der Waals surface area contributed by atoms with Gasteiger partial charge in [0.2, 0.25) is 11.9 Å². The van der Waals surface area contributed by atoms with E-state index in [1.807, 2.05) is 20.2 Å². The number of rotatable bonds is 3. The normalized spacial score (nSPS) is 22.5. The Kier molecular flexibility index (Phi) is 4.46. The maximum absolute atomic E-state index is 11.6. The Morgan fingerprint density at radius 1 is 1.23 bits per heavy atom. The van der Waals surface area contributed by atoms with Gasteiger partial charge in [-0.1, -0.05) is 12.1 Å². The van der Waals surface area contributed by atoms with E-state index in [2.05, 4.69) is 44.4 Å². The van der Waals surface area contributed by atoms with Crippen LogP contribution in [0.5, 0.6) is 0 Å². The number of piperidine rings is 1. The van der Waals surface area contributed by atoms with Gasteiger partial charge in [-0.25, -0.2) is 9.97 Å². The zero-order valence-electron chi connectivity index (χ0n) is 15.1. The summed E-state index contributed by atoms with van der Waals surface area (Å²) in [4.78, 5) is 25.0. The molecule has 2 fully saturated rings. The maximum atomic E-state index is 11.6. The van der Waals surface area contributed by atoms with Crippen molar-refractivity contribution in [1.29, 1.82) is 0 Å². The molecule has 1 amide bonds. The second-order valence-corrected chi connectivity index (χ2v) is 6.94. The van der Waals surface area contributed by atoms with E-state index in [1.54, 1.807) is 6.20 Å². The van der Waals surface area contributed by atoms with Gasteiger partial charge in [-0.2, -0.15) is 0 Å². The first-order chi connectivity index (χ1) is 12.6. The van der Waals surface area contributed by atoms with Crippen LogP contribution in [0.1, 0.15) is 6.42 Å². The number of nitrogens with zero attached hydrogens (tertiary/aromatic N) is 4. The molecule has 2 aromatic rings. The van der Waals surface area contributed by atoms with Gasteiger partial charge in [0.25, 0.3) is 0 Å². The fourth-order valence-corrected chi connectivity index (χ4v) is 3.47. The summed E-state index contributed by atoms with van der Waals surface area (Å²) in [5.74, 6) is 0.640. The highest BCUT2D eigenvalue weighted by atomic mass is 16.5. The summed E-state index contributed by atoms with van der Waals surface area (Å²) in [6.45, 7) is 1.65. The second-order valence-electron chi connectivity index (χ2n) is 6.94. The molecule has 1 aromatic carbocycles. The lowest BCUT2D eigenvalue weighted by Crippen LogP contribution is -2.60. The molecule has 0 aliphatic carbocycles. The van der Waals surface area contributed by atoms with Gasteiger partial charge < -0.3 is 19.9 Å². The number of anilines is 2. The number of amides is 1. The largest absolute Gasteiger partial charge is 0.378 e. The number of hydrogen-bond acceptors (Lipinski definition) is 6. The SMILES string of the molecule is CN(C)c1ccc(-c2ccnc(N3CC[C@H]4OCC(=O)N[C@H]4C3)n2)cc1. The van der Waals surface area contributed by atoms with E-state index in [9.17, 15) is 4.79 Å². The minimum atomic E-state index is -0.0521. The van der Waals surface area contributed by atoms with Crippen LogP contribution < -0.4 is 15.1 Å². The Hall–Kier alpha value is -2.67. The minimum Gasteiger partial charge on any atom is -0.378 e. The third-order valence-corrected chi connectivity index (χ3v) is 4.93. The van der Waals surface area contributed by atoms with Gasteiger partial charge in [-0.05, 0) is 24.6 Å². The Labute approximate surface area is 153 Å². The first kappa shape index (κ1) is 16.8. The molecule has 1 aromatic heterocycles. The maximum Gasteiger partial charge on any atom is 0.246 e. The standard InChI is InChI=1S/C19H23N5O2/c1-23(2)14-5-3-13(4-6-14)15-7-9-20-19(22-15)24-10-8-17-16(11-24)21-18(25)12-26-17/h3-7,9,16-17H,8,10-12H2,1-2H3,(H,21,25)/t16-,17+/m0/s1. The Balaban J connectivity index is 1.53. The van der Waals surface area contributed by atoms with Gasteiger partial charge in [-0.3, -0.25) is 4.79 Å². The molecule has 3 heterocycles. The first-order valence-electron chi connectivity index (χ1n) is 8.87. The van der Waals surface area contributed by atoms with Crippen LogP contribution in [0.2, 0.25) is 0 Å². The van der Waals surface area contributed by atoms with Gasteiger partial charge in [0.15, 0.2) is 0 Å². The number of carbonyl (C=O) groups excluding carboxylic acids is 1. The Morgan fingerprint density at radius 3 is 2.81 bits per heavy atom. The molecule has 0 radical (unpaired) electrons. The summed E-state index contributed by atoms with van der Waals surface area (Å²) in [7, 11) is 4.05. The van der Waals surface area contributed by atoms with Gasteiger partial charge >= 0.3 is 0 Å². The van der Waals surface area contributed by atoms with Crippen molar-refractivity contribution in [2.45, 2.75) is 18.6 Å². The lowest BCUT2D eigenvalue weighted by molar-refractivity contribution is -0.137. The number of aromatic nitrogens is 2. The van der Waals surface area contributed by atoms with Crippen molar-refractivity contribution in [2.24, 2.45) is 0 Å². The molecule has 26 heavy (non-hydrogen) atoms. The van der Waals surface area contributed by atoms with Gasteiger partial charge in [-0.15, -0.1) is 0 Å². The molecule has 2 aliphatic rings. The van der Waals surface area contributed by atoms with Crippen LogP contribution in [-0.2, 0) is 9.53 Å². The molecule has 7 nitrogen and oxygen atoms in total.